The first kappa shape index (κ1) is 17.8. The number of aromatic nitrogens is 1. The average molecular weight is 374 g/mol. The molecule has 1 amide bonds. The molecule has 0 saturated carbocycles. The number of amides is 1. The molecule has 1 heterocycles. The molecule has 26 heavy (non-hydrogen) atoms. The molecule has 0 aliphatic heterocycles. The second-order valence-corrected chi connectivity index (χ2v) is 5.95. The van der Waals surface area contributed by atoms with Crippen LogP contribution in [0.1, 0.15) is 15.9 Å². The summed E-state index contributed by atoms with van der Waals surface area (Å²) in [5.74, 6) is -0.822. The molecule has 0 spiro atoms. The van der Waals surface area contributed by atoms with Gasteiger partial charge in [-0.3, -0.25) is 14.9 Å². The molecule has 6 nitrogen and oxygen atoms in total. The summed E-state index contributed by atoms with van der Waals surface area (Å²) < 4.78 is 13.2. The van der Waals surface area contributed by atoms with Gasteiger partial charge in [0.15, 0.2) is 0 Å². The number of halogens is 2. The van der Waals surface area contributed by atoms with Crippen LogP contribution in [0.3, 0.4) is 0 Å². The Hall–Kier alpha value is -3.06. The van der Waals surface area contributed by atoms with Gasteiger partial charge in [-0.2, -0.15) is 0 Å². The SMILES string of the molecule is O=C(NCCc1ccc([N+](=O)[O-])cc1)c1cc2ccc(F)cc2nc1Cl. The highest BCUT2D eigenvalue weighted by atomic mass is 35.5. The van der Waals surface area contributed by atoms with Crippen molar-refractivity contribution in [3.8, 4) is 0 Å². The Morgan fingerprint density at radius 3 is 2.62 bits per heavy atom. The lowest BCUT2D eigenvalue weighted by molar-refractivity contribution is -0.384. The van der Waals surface area contributed by atoms with E-state index < -0.39 is 16.6 Å². The maximum Gasteiger partial charge on any atom is 0.269 e. The Labute approximate surface area is 152 Å². The van der Waals surface area contributed by atoms with Crippen LogP contribution in [-0.4, -0.2) is 22.4 Å². The molecule has 0 unspecified atom stereocenters. The predicted molar refractivity (Wildman–Crippen MR) is 95.8 cm³/mol. The van der Waals surface area contributed by atoms with E-state index in [1.807, 2.05) is 0 Å². The smallest absolute Gasteiger partial charge is 0.269 e. The highest BCUT2D eigenvalue weighted by Crippen LogP contribution is 2.21. The van der Waals surface area contributed by atoms with E-state index in [4.69, 9.17) is 11.6 Å². The Kier molecular flexibility index (Phi) is 5.09. The first-order valence-electron chi connectivity index (χ1n) is 7.71. The monoisotopic (exact) mass is 373 g/mol. The van der Waals surface area contributed by atoms with E-state index in [1.165, 1.54) is 30.3 Å². The van der Waals surface area contributed by atoms with E-state index >= 15 is 0 Å². The second kappa shape index (κ2) is 7.45. The van der Waals surface area contributed by atoms with Crippen molar-refractivity contribution in [2.45, 2.75) is 6.42 Å². The molecule has 3 rings (SSSR count). The first-order chi connectivity index (χ1) is 12.4. The van der Waals surface area contributed by atoms with E-state index in [9.17, 15) is 19.3 Å². The van der Waals surface area contributed by atoms with Crippen LogP contribution in [-0.2, 0) is 6.42 Å². The van der Waals surface area contributed by atoms with Crippen molar-refractivity contribution in [3.05, 3.63) is 80.7 Å². The topological polar surface area (TPSA) is 85.1 Å². The summed E-state index contributed by atoms with van der Waals surface area (Å²) in [5.41, 5.74) is 1.45. The molecule has 0 atom stereocenters. The summed E-state index contributed by atoms with van der Waals surface area (Å²) in [6.45, 7) is 0.328. The summed E-state index contributed by atoms with van der Waals surface area (Å²) in [4.78, 5) is 26.5. The maximum absolute atomic E-state index is 13.2. The zero-order chi connectivity index (χ0) is 18.7. The number of nitro groups is 1. The fraction of sp³-hybridized carbons (Fsp3) is 0.111. The third-order valence-corrected chi connectivity index (χ3v) is 4.11. The highest BCUT2D eigenvalue weighted by molar-refractivity contribution is 6.33. The van der Waals surface area contributed by atoms with Crippen molar-refractivity contribution in [1.82, 2.24) is 10.3 Å². The molecule has 0 aliphatic carbocycles. The molecule has 3 aromatic rings. The van der Waals surface area contributed by atoms with Crippen molar-refractivity contribution in [3.63, 3.8) is 0 Å². The van der Waals surface area contributed by atoms with E-state index in [0.29, 0.717) is 23.9 Å². The summed E-state index contributed by atoms with van der Waals surface area (Å²) in [6.07, 6.45) is 0.508. The van der Waals surface area contributed by atoms with Crippen molar-refractivity contribution < 1.29 is 14.1 Å². The van der Waals surface area contributed by atoms with Crippen LogP contribution in [0.4, 0.5) is 10.1 Å². The standard InChI is InChI=1S/C18H13ClFN3O3/c19-17-15(9-12-3-4-13(20)10-16(12)22-17)18(24)21-8-7-11-1-5-14(6-2-11)23(25)26/h1-6,9-10H,7-8H2,(H,21,24). The fourth-order valence-corrected chi connectivity index (χ4v) is 2.71. The van der Waals surface area contributed by atoms with E-state index in [0.717, 1.165) is 5.56 Å². The number of pyridine rings is 1. The molecule has 0 bridgehead atoms. The predicted octanol–water partition coefficient (Wildman–Crippen LogP) is 3.91. The minimum Gasteiger partial charge on any atom is -0.352 e. The van der Waals surface area contributed by atoms with Crippen LogP contribution < -0.4 is 5.32 Å². The minimum atomic E-state index is -0.466. The van der Waals surface area contributed by atoms with Gasteiger partial charge in [0.05, 0.1) is 16.0 Å². The van der Waals surface area contributed by atoms with Gasteiger partial charge in [-0.25, -0.2) is 9.37 Å². The Morgan fingerprint density at radius 1 is 1.19 bits per heavy atom. The number of fused-ring (bicyclic) bond motifs is 1. The zero-order valence-electron chi connectivity index (χ0n) is 13.4. The van der Waals surface area contributed by atoms with Crippen molar-refractivity contribution >= 4 is 34.1 Å². The highest BCUT2D eigenvalue weighted by Gasteiger charge is 2.13. The number of rotatable bonds is 5. The molecule has 132 valence electrons. The van der Waals surface area contributed by atoms with Crippen molar-refractivity contribution in [2.75, 3.05) is 6.54 Å². The zero-order valence-corrected chi connectivity index (χ0v) is 14.2. The van der Waals surface area contributed by atoms with Crippen LogP contribution in [0, 0.1) is 15.9 Å². The maximum atomic E-state index is 13.2. The summed E-state index contributed by atoms with van der Waals surface area (Å²) in [5, 5.41) is 14.0. The molecule has 8 heteroatoms. The van der Waals surface area contributed by atoms with E-state index in [-0.39, 0.29) is 16.4 Å². The van der Waals surface area contributed by atoms with Gasteiger partial charge in [0.25, 0.3) is 11.6 Å². The quantitative estimate of drug-likeness (QED) is 0.417. The van der Waals surface area contributed by atoms with Crippen LogP contribution in [0.5, 0.6) is 0 Å². The molecule has 1 N–H and O–H groups in total. The number of non-ortho nitro benzene ring substituents is 1. The molecule has 0 fully saturated rings. The third kappa shape index (κ3) is 3.94. The van der Waals surface area contributed by atoms with Gasteiger partial charge in [-0.15, -0.1) is 0 Å². The van der Waals surface area contributed by atoms with E-state index in [2.05, 4.69) is 10.3 Å². The number of carbonyl (C=O) groups excluding carboxylic acids is 1. The van der Waals surface area contributed by atoms with Gasteiger partial charge in [-0.1, -0.05) is 23.7 Å². The van der Waals surface area contributed by atoms with Gasteiger partial charge >= 0.3 is 0 Å². The first-order valence-corrected chi connectivity index (χ1v) is 8.09. The minimum absolute atomic E-state index is 0.00376. The molecule has 0 radical (unpaired) electrons. The largest absolute Gasteiger partial charge is 0.352 e. The number of carbonyl (C=O) groups is 1. The van der Waals surface area contributed by atoms with Gasteiger partial charge < -0.3 is 5.32 Å². The fourth-order valence-electron chi connectivity index (χ4n) is 2.48. The molecular weight excluding hydrogens is 361 g/mol. The van der Waals surface area contributed by atoms with Crippen molar-refractivity contribution in [1.29, 1.82) is 0 Å². The number of hydrogen-bond donors (Lipinski definition) is 1. The lowest BCUT2D eigenvalue weighted by Crippen LogP contribution is -2.26. The Morgan fingerprint density at radius 2 is 1.92 bits per heavy atom. The third-order valence-electron chi connectivity index (χ3n) is 3.82. The number of nitro benzene ring substituents is 1. The lowest BCUT2D eigenvalue weighted by atomic mass is 10.1. The molecule has 0 saturated heterocycles. The van der Waals surface area contributed by atoms with E-state index in [1.54, 1.807) is 18.2 Å². The number of hydrogen-bond acceptors (Lipinski definition) is 4. The van der Waals surface area contributed by atoms with Gasteiger partial charge in [0.2, 0.25) is 0 Å². The lowest BCUT2D eigenvalue weighted by Gasteiger charge is -2.08. The second-order valence-electron chi connectivity index (χ2n) is 5.59. The summed E-state index contributed by atoms with van der Waals surface area (Å²) in [6, 6.07) is 11.7. The van der Waals surface area contributed by atoms with Gasteiger partial charge in [-0.05, 0) is 30.2 Å². The van der Waals surface area contributed by atoms with Crippen LogP contribution >= 0.6 is 11.6 Å². The number of nitrogens with zero attached hydrogens (tertiary/aromatic N) is 2. The summed E-state index contributed by atoms with van der Waals surface area (Å²) >= 11 is 6.04. The van der Waals surface area contributed by atoms with Crippen LogP contribution in [0.2, 0.25) is 5.15 Å². The molecule has 1 aromatic heterocycles. The van der Waals surface area contributed by atoms with Gasteiger partial charge in [0.1, 0.15) is 11.0 Å². The van der Waals surface area contributed by atoms with Gasteiger partial charge in [0, 0.05) is 30.1 Å². The molecule has 2 aromatic carbocycles. The number of nitrogens with one attached hydrogen (secondary N) is 1. The molecule has 0 aliphatic rings. The number of benzene rings is 2. The normalized spacial score (nSPS) is 10.7. The molecular formula is C18H13ClFN3O3. The average Bonchev–Trinajstić information content (AvgIpc) is 2.61. The van der Waals surface area contributed by atoms with Crippen LogP contribution in [0.15, 0.2) is 48.5 Å². The Bertz CT molecular complexity index is 993. The Balaban J connectivity index is 1.66. The summed E-state index contributed by atoms with van der Waals surface area (Å²) in [7, 11) is 0. The van der Waals surface area contributed by atoms with Crippen molar-refractivity contribution in [2.24, 2.45) is 0 Å². The van der Waals surface area contributed by atoms with Crippen LogP contribution in [0.25, 0.3) is 10.9 Å².